The van der Waals surface area contributed by atoms with Crippen LogP contribution < -0.4 is 14.8 Å². The zero-order chi connectivity index (χ0) is 20.9. The first kappa shape index (κ1) is 20.0. The van der Waals surface area contributed by atoms with E-state index in [1.165, 1.54) is 11.8 Å². The number of carbonyl (C=O) groups is 1. The highest BCUT2D eigenvalue weighted by Crippen LogP contribution is 2.34. The van der Waals surface area contributed by atoms with Crippen LogP contribution in [0.15, 0.2) is 70.6 Å². The Morgan fingerprint density at radius 3 is 2.50 bits per heavy atom. The van der Waals surface area contributed by atoms with E-state index < -0.39 is 0 Å². The molecule has 6 heteroatoms. The summed E-state index contributed by atoms with van der Waals surface area (Å²) in [5.41, 5.74) is 1.65. The summed E-state index contributed by atoms with van der Waals surface area (Å²) in [6.07, 6.45) is 1.88. The molecule has 1 fully saturated rings. The van der Waals surface area contributed by atoms with Crippen LogP contribution in [0.3, 0.4) is 0 Å². The largest absolute Gasteiger partial charge is 0.494 e. The first-order chi connectivity index (χ1) is 14.7. The summed E-state index contributed by atoms with van der Waals surface area (Å²) in [6, 6.07) is 19.5. The fourth-order valence-electron chi connectivity index (χ4n) is 3.22. The number of nitrogens with zero attached hydrogens (tertiary/aromatic N) is 1. The van der Waals surface area contributed by atoms with Gasteiger partial charge < -0.3 is 14.8 Å². The van der Waals surface area contributed by atoms with Gasteiger partial charge in [0.05, 0.1) is 23.8 Å². The van der Waals surface area contributed by atoms with Crippen molar-refractivity contribution in [1.82, 2.24) is 5.32 Å². The van der Waals surface area contributed by atoms with E-state index in [0.717, 1.165) is 33.5 Å². The smallest absolute Gasteiger partial charge is 0.264 e. The van der Waals surface area contributed by atoms with E-state index >= 15 is 0 Å². The number of carbonyl (C=O) groups excluding carboxylic acids is 1. The Labute approximate surface area is 179 Å². The quantitative estimate of drug-likeness (QED) is 0.535. The Morgan fingerprint density at radius 1 is 0.967 bits per heavy atom. The van der Waals surface area contributed by atoms with Crippen molar-refractivity contribution >= 4 is 45.4 Å². The third-order valence-corrected chi connectivity index (χ3v) is 5.45. The minimum absolute atomic E-state index is 0.167. The van der Waals surface area contributed by atoms with Gasteiger partial charge in [0.15, 0.2) is 5.17 Å². The van der Waals surface area contributed by atoms with E-state index in [9.17, 15) is 4.79 Å². The van der Waals surface area contributed by atoms with Crippen LogP contribution in [0.25, 0.3) is 16.8 Å². The normalized spacial score (nSPS) is 16.3. The Kier molecular flexibility index (Phi) is 6.05. The molecule has 1 saturated heterocycles. The van der Waals surface area contributed by atoms with Crippen molar-refractivity contribution in [3.63, 3.8) is 0 Å². The lowest BCUT2D eigenvalue weighted by Crippen LogP contribution is -2.19. The summed E-state index contributed by atoms with van der Waals surface area (Å²) in [7, 11) is 0. The van der Waals surface area contributed by atoms with Gasteiger partial charge in [-0.05, 0) is 72.8 Å². The molecule has 0 aliphatic carbocycles. The molecule has 4 rings (SSSR count). The maximum absolute atomic E-state index is 12.6. The highest BCUT2D eigenvalue weighted by atomic mass is 32.2. The minimum atomic E-state index is -0.167. The number of benzene rings is 3. The molecule has 5 nitrogen and oxygen atoms in total. The molecule has 1 aliphatic heterocycles. The Balaban J connectivity index is 1.65. The first-order valence-electron chi connectivity index (χ1n) is 9.85. The van der Waals surface area contributed by atoms with Crippen LogP contribution >= 0.6 is 11.8 Å². The topological polar surface area (TPSA) is 59.9 Å². The fourth-order valence-corrected chi connectivity index (χ4v) is 4.04. The van der Waals surface area contributed by atoms with Crippen LogP contribution in [-0.4, -0.2) is 24.3 Å². The maximum Gasteiger partial charge on any atom is 0.264 e. The van der Waals surface area contributed by atoms with Gasteiger partial charge in [-0.2, -0.15) is 0 Å². The number of aliphatic imine (C=N–C) groups is 1. The molecule has 0 spiro atoms. The lowest BCUT2D eigenvalue weighted by Gasteiger charge is -2.11. The molecule has 0 saturated carbocycles. The molecule has 0 aromatic heterocycles. The second kappa shape index (κ2) is 9.05. The molecule has 1 N–H and O–H groups in total. The predicted molar refractivity (Wildman–Crippen MR) is 124 cm³/mol. The molecule has 3 aromatic carbocycles. The summed E-state index contributed by atoms with van der Waals surface area (Å²) in [4.78, 5) is 17.7. The number of hydrogen-bond acceptors (Lipinski definition) is 5. The molecule has 1 aliphatic rings. The third-order valence-electron chi connectivity index (χ3n) is 4.54. The van der Waals surface area contributed by atoms with Gasteiger partial charge in [0, 0.05) is 5.56 Å². The second-order valence-corrected chi connectivity index (χ2v) is 7.57. The van der Waals surface area contributed by atoms with Crippen LogP contribution in [0.4, 0.5) is 5.69 Å². The number of ether oxygens (including phenoxy) is 2. The van der Waals surface area contributed by atoms with Crippen molar-refractivity contribution in [3.8, 4) is 11.5 Å². The van der Waals surface area contributed by atoms with Crippen molar-refractivity contribution in [2.75, 3.05) is 13.2 Å². The number of amidine groups is 1. The zero-order valence-electron chi connectivity index (χ0n) is 16.8. The van der Waals surface area contributed by atoms with Gasteiger partial charge in [-0.25, -0.2) is 4.99 Å². The molecule has 0 atom stereocenters. The van der Waals surface area contributed by atoms with Crippen molar-refractivity contribution in [1.29, 1.82) is 0 Å². The van der Waals surface area contributed by atoms with Gasteiger partial charge in [0.25, 0.3) is 5.91 Å². The zero-order valence-corrected chi connectivity index (χ0v) is 17.7. The summed E-state index contributed by atoms with van der Waals surface area (Å²) in [5, 5.41) is 5.53. The number of amides is 1. The van der Waals surface area contributed by atoms with Gasteiger partial charge in [-0.1, -0.05) is 30.3 Å². The molecule has 0 radical (unpaired) electrons. The molecular formula is C24H22N2O3S. The average molecular weight is 419 g/mol. The molecule has 3 aromatic rings. The summed E-state index contributed by atoms with van der Waals surface area (Å²) >= 11 is 1.32. The maximum atomic E-state index is 12.6. The average Bonchev–Trinajstić information content (AvgIpc) is 3.10. The number of hydrogen-bond donors (Lipinski definition) is 1. The minimum Gasteiger partial charge on any atom is -0.494 e. The van der Waals surface area contributed by atoms with Gasteiger partial charge in [-0.3, -0.25) is 4.79 Å². The summed E-state index contributed by atoms with van der Waals surface area (Å²) in [6.45, 7) is 5.06. The monoisotopic (exact) mass is 418 g/mol. The Morgan fingerprint density at radius 2 is 1.73 bits per heavy atom. The predicted octanol–water partition coefficient (Wildman–Crippen LogP) is 5.53. The van der Waals surface area contributed by atoms with E-state index in [1.54, 1.807) is 0 Å². The highest BCUT2D eigenvalue weighted by Gasteiger charge is 2.24. The highest BCUT2D eigenvalue weighted by molar-refractivity contribution is 8.18. The fraction of sp³-hybridized carbons (Fsp3) is 0.167. The van der Waals surface area contributed by atoms with E-state index in [-0.39, 0.29) is 5.91 Å². The molecular weight excluding hydrogens is 396 g/mol. The summed E-state index contributed by atoms with van der Waals surface area (Å²) < 4.78 is 11.3. The van der Waals surface area contributed by atoms with Crippen LogP contribution in [0.2, 0.25) is 0 Å². The number of thioether (sulfide) groups is 1. The SMILES string of the molecule is CCOc1ccc(N=C2NC(=O)/C(=C/c3c(OCC)ccc4ccccc34)S2)cc1. The summed E-state index contributed by atoms with van der Waals surface area (Å²) in [5.74, 6) is 1.39. The molecule has 30 heavy (non-hydrogen) atoms. The van der Waals surface area contributed by atoms with Crippen molar-refractivity contribution in [2.24, 2.45) is 4.99 Å². The number of nitrogens with one attached hydrogen (secondary N) is 1. The number of fused-ring (bicyclic) bond motifs is 1. The molecule has 1 amide bonds. The van der Waals surface area contributed by atoms with E-state index in [4.69, 9.17) is 9.47 Å². The lowest BCUT2D eigenvalue weighted by molar-refractivity contribution is -0.115. The van der Waals surface area contributed by atoms with Crippen LogP contribution in [0.1, 0.15) is 19.4 Å². The Hall–Kier alpha value is -3.25. The van der Waals surface area contributed by atoms with E-state index in [1.807, 2.05) is 80.6 Å². The van der Waals surface area contributed by atoms with E-state index in [0.29, 0.717) is 23.3 Å². The lowest BCUT2D eigenvalue weighted by atomic mass is 10.0. The van der Waals surface area contributed by atoms with Gasteiger partial charge in [0.1, 0.15) is 11.5 Å². The molecule has 0 unspecified atom stereocenters. The van der Waals surface area contributed by atoms with Crippen LogP contribution in [-0.2, 0) is 4.79 Å². The van der Waals surface area contributed by atoms with Crippen molar-refractivity contribution in [2.45, 2.75) is 13.8 Å². The number of rotatable bonds is 6. The van der Waals surface area contributed by atoms with E-state index in [2.05, 4.69) is 10.3 Å². The Bertz CT molecular complexity index is 1140. The molecule has 0 bridgehead atoms. The van der Waals surface area contributed by atoms with Crippen LogP contribution in [0.5, 0.6) is 11.5 Å². The molecule has 152 valence electrons. The van der Waals surface area contributed by atoms with Gasteiger partial charge in [0.2, 0.25) is 0 Å². The third kappa shape index (κ3) is 4.33. The van der Waals surface area contributed by atoms with Crippen LogP contribution in [0, 0.1) is 0 Å². The van der Waals surface area contributed by atoms with Gasteiger partial charge in [-0.15, -0.1) is 0 Å². The first-order valence-corrected chi connectivity index (χ1v) is 10.7. The second-order valence-electron chi connectivity index (χ2n) is 6.54. The van der Waals surface area contributed by atoms with Crippen molar-refractivity contribution in [3.05, 3.63) is 71.1 Å². The van der Waals surface area contributed by atoms with Gasteiger partial charge >= 0.3 is 0 Å². The van der Waals surface area contributed by atoms with Crippen molar-refractivity contribution < 1.29 is 14.3 Å². The standard InChI is InChI=1S/C24H22N2O3S/c1-3-28-18-12-10-17(11-13-18)25-24-26-23(27)22(30-24)15-20-19-8-6-5-7-16(19)9-14-21(20)29-4-2/h5-15H,3-4H2,1-2H3,(H,25,26,27)/b22-15-. The molecule has 1 heterocycles.